The molecule has 1 aromatic rings. The standard InChI is InChI=1S/C8H5F3O6S/c1-16-8(12)3-2-4(9)6(11)7(5(3)10)17-18(13,14)15/h2H,1H3,(H,13,14,15). The lowest BCUT2D eigenvalue weighted by Gasteiger charge is -2.08. The van der Waals surface area contributed by atoms with Crippen LogP contribution in [0.4, 0.5) is 13.2 Å². The zero-order chi connectivity index (χ0) is 14.1. The molecular formula is C8H5F3O6S. The molecule has 0 spiro atoms. The number of hydrogen-bond acceptors (Lipinski definition) is 5. The van der Waals surface area contributed by atoms with Gasteiger partial charge in [-0.2, -0.15) is 12.8 Å². The van der Waals surface area contributed by atoms with Crippen molar-refractivity contribution in [1.29, 1.82) is 0 Å². The van der Waals surface area contributed by atoms with Crippen molar-refractivity contribution in [3.8, 4) is 5.75 Å². The first-order valence-corrected chi connectivity index (χ1v) is 5.46. The average molecular weight is 286 g/mol. The smallest absolute Gasteiger partial charge is 0.446 e. The highest BCUT2D eigenvalue weighted by atomic mass is 32.3. The van der Waals surface area contributed by atoms with Gasteiger partial charge in [-0.05, 0) is 6.07 Å². The van der Waals surface area contributed by atoms with E-state index >= 15 is 0 Å². The van der Waals surface area contributed by atoms with Crippen LogP contribution in [-0.4, -0.2) is 26.0 Å². The highest BCUT2D eigenvalue weighted by molar-refractivity contribution is 7.81. The fraction of sp³-hybridized carbons (Fsp3) is 0.125. The van der Waals surface area contributed by atoms with Crippen LogP contribution < -0.4 is 4.18 Å². The second-order valence-electron chi connectivity index (χ2n) is 2.87. The Morgan fingerprint density at radius 2 is 1.83 bits per heavy atom. The second-order valence-corrected chi connectivity index (χ2v) is 3.89. The molecule has 0 aliphatic carbocycles. The van der Waals surface area contributed by atoms with Gasteiger partial charge in [-0.3, -0.25) is 4.55 Å². The molecule has 0 aliphatic heterocycles. The Hall–Kier alpha value is -1.81. The van der Waals surface area contributed by atoms with Gasteiger partial charge < -0.3 is 8.92 Å². The third kappa shape index (κ3) is 2.90. The Kier molecular flexibility index (Phi) is 3.82. The molecule has 0 unspecified atom stereocenters. The monoisotopic (exact) mass is 286 g/mol. The van der Waals surface area contributed by atoms with Crippen LogP contribution in [0.3, 0.4) is 0 Å². The van der Waals surface area contributed by atoms with Gasteiger partial charge in [-0.25, -0.2) is 13.6 Å². The third-order valence-electron chi connectivity index (χ3n) is 1.71. The van der Waals surface area contributed by atoms with Gasteiger partial charge >= 0.3 is 16.4 Å². The summed E-state index contributed by atoms with van der Waals surface area (Å²) in [6.45, 7) is 0. The number of methoxy groups -OCH3 is 1. The van der Waals surface area contributed by atoms with Gasteiger partial charge in [-0.15, -0.1) is 0 Å². The Labute approximate surface area is 98.9 Å². The van der Waals surface area contributed by atoms with Gasteiger partial charge in [0.2, 0.25) is 11.6 Å². The van der Waals surface area contributed by atoms with Gasteiger partial charge in [-0.1, -0.05) is 0 Å². The molecule has 1 aromatic carbocycles. The summed E-state index contributed by atoms with van der Waals surface area (Å²) in [6.07, 6.45) is 0. The summed E-state index contributed by atoms with van der Waals surface area (Å²) in [5, 5.41) is 0. The van der Waals surface area contributed by atoms with Crippen molar-refractivity contribution < 1.29 is 39.9 Å². The molecule has 0 aromatic heterocycles. The first-order valence-electron chi connectivity index (χ1n) is 4.10. The van der Waals surface area contributed by atoms with Crippen LogP contribution in [0.5, 0.6) is 5.75 Å². The van der Waals surface area contributed by atoms with Crippen molar-refractivity contribution in [3.63, 3.8) is 0 Å². The number of carbonyl (C=O) groups excluding carboxylic acids is 1. The van der Waals surface area contributed by atoms with E-state index < -0.39 is 45.1 Å². The Morgan fingerprint density at radius 3 is 2.28 bits per heavy atom. The molecule has 0 fully saturated rings. The summed E-state index contributed by atoms with van der Waals surface area (Å²) >= 11 is 0. The Balaban J connectivity index is 3.50. The first-order chi connectivity index (χ1) is 8.17. The highest BCUT2D eigenvalue weighted by Crippen LogP contribution is 2.28. The molecule has 10 heteroatoms. The molecule has 100 valence electrons. The summed E-state index contributed by atoms with van der Waals surface area (Å²) in [4.78, 5) is 11.0. The lowest BCUT2D eigenvalue weighted by atomic mass is 10.2. The van der Waals surface area contributed by atoms with E-state index in [0.717, 1.165) is 7.11 Å². The van der Waals surface area contributed by atoms with Gasteiger partial charge in [0, 0.05) is 0 Å². The maximum Gasteiger partial charge on any atom is 0.446 e. The van der Waals surface area contributed by atoms with E-state index in [2.05, 4.69) is 8.92 Å². The summed E-state index contributed by atoms with van der Waals surface area (Å²) in [5.74, 6) is -8.74. The Morgan fingerprint density at radius 1 is 1.28 bits per heavy atom. The zero-order valence-corrected chi connectivity index (χ0v) is 9.42. The van der Waals surface area contributed by atoms with Gasteiger partial charge in [0.15, 0.2) is 11.6 Å². The van der Waals surface area contributed by atoms with E-state index in [0.29, 0.717) is 0 Å². The van der Waals surface area contributed by atoms with Crippen molar-refractivity contribution >= 4 is 16.4 Å². The molecule has 0 saturated carbocycles. The van der Waals surface area contributed by atoms with Crippen LogP contribution in [0.25, 0.3) is 0 Å². The number of ether oxygens (including phenoxy) is 1. The predicted molar refractivity (Wildman–Crippen MR) is 49.8 cm³/mol. The van der Waals surface area contributed by atoms with Gasteiger partial charge in [0.25, 0.3) is 0 Å². The summed E-state index contributed by atoms with van der Waals surface area (Å²) < 4.78 is 76.0. The molecule has 18 heavy (non-hydrogen) atoms. The van der Waals surface area contributed by atoms with Crippen LogP contribution in [0.2, 0.25) is 0 Å². The molecule has 1 N–H and O–H groups in total. The number of carbonyl (C=O) groups is 1. The number of hydrogen-bond donors (Lipinski definition) is 1. The van der Waals surface area contributed by atoms with Crippen LogP contribution >= 0.6 is 0 Å². The molecule has 0 aliphatic rings. The number of halogens is 3. The van der Waals surface area contributed by atoms with Crippen LogP contribution in [0, 0.1) is 17.5 Å². The molecule has 1 rings (SSSR count). The first kappa shape index (κ1) is 14.3. The fourth-order valence-electron chi connectivity index (χ4n) is 1.02. The number of esters is 1. The van der Waals surface area contributed by atoms with E-state index in [4.69, 9.17) is 4.55 Å². The molecule has 0 saturated heterocycles. The minimum atomic E-state index is -5.29. The normalized spacial score (nSPS) is 11.2. The maximum atomic E-state index is 13.5. The zero-order valence-electron chi connectivity index (χ0n) is 8.61. The summed E-state index contributed by atoms with van der Waals surface area (Å²) in [6, 6.07) is 0.160. The highest BCUT2D eigenvalue weighted by Gasteiger charge is 2.27. The second kappa shape index (κ2) is 4.82. The maximum absolute atomic E-state index is 13.5. The topological polar surface area (TPSA) is 89.9 Å². The molecule has 6 nitrogen and oxygen atoms in total. The van der Waals surface area contributed by atoms with Crippen molar-refractivity contribution in [2.75, 3.05) is 7.11 Å². The average Bonchev–Trinajstić information content (AvgIpc) is 2.27. The summed E-state index contributed by atoms with van der Waals surface area (Å²) in [7, 11) is -4.45. The van der Waals surface area contributed by atoms with E-state index in [1.54, 1.807) is 0 Å². The van der Waals surface area contributed by atoms with E-state index in [-0.39, 0.29) is 6.07 Å². The molecule has 0 heterocycles. The quantitative estimate of drug-likeness (QED) is 0.508. The third-order valence-corrected chi connectivity index (χ3v) is 2.09. The lowest BCUT2D eigenvalue weighted by molar-refractivity contribution is 0.0593. The number of benzene rings is 1. The molecular weight excluding hydrogens is 281 g/mol. The van der Waals surface area contributed by atoms with Gasteiger partial charge in [0.1, 0.15) is 5.56 Å². The van der Waals surface area contributed by atoms with E-state index in [1.807, 2.05) is 0 Å². The lowest BCUT2D eigenvalue weighted by Crippen LogP contribution is -2.14. The van der Waals surface area contributed by atoms with Crippen molar-refractivity contribution in [3.05, 3.63) is 29.1 Å². The minimum Gasteiger partial charge on any atom is -0.465 e. The van der Waals surface area contributed by atoms with Crippen molar-refractivity contribution in [1.82, 2.24) is 0 Å². The van der Waals surface area contributed by atoms with E-state index in [9.17, 15) is 26.4 Å². The van der Waals surface area contributed by atoms with Crippen LogP contribution in [0.1, 0.15) is 10.4 Å². The van der Waals surface area contributed by atoms with Crippen LogP contribution in [-0.2, 0) is 15.1 Å². The van der Waals surface area contributed by atoms with Crippen LogP contribution in [0.15, 0.2) is 6.07 Å². The fourth-order valence-corrected chi connectivity index (χ4v) is 1.37. The predicted octanol–water partition coefficient (Wildman–Crippen LogP) is 1.07. The molecule has 0 amide bonds. The number of rotatable bonds is 3. The van der Waals surface area contributed by atoms with E-state index in [1.165, 1.54) is 0 Å². The molecule has 0 radical (unpaired) electrons. The van der Waals surface area contributed by atoms with Crippen molar-refractivity contribution in [2.45, 2.75) is 0 Å². The molecule has 0 atom stereocenters. The SMILES string of the molecule is COC(=O)c1cc(F)c(F)c(OS(=O)(=O)O)c1F. The minimum absolute atomic E-state index is 0.160. The van der Waals surface area contributed by atoms with Crippen molar-refractivity contribution in [2.24, 2.45) is 0 Å². The largest absolute Gasteiger partial charge is 0.465 e. The summed E-state index contributed by atoms with van der Waals surface area (Å²) in [5.41, 5.74) is -1.09. The molecule has 0 bridgehead atoms. The Bertz CT molecular complexity index is 597. The van der Waals surface area contributed by atoms with Gasteiger partial charge in [0.05, 0.1) is 7.11 Å².